The molecule has 20 heavy (non-hydrogen) atoms. The van der Waals surface area contributed by atoms with Crippen LogP contribution in [0.3, 0.4) is 0 Å². The Hall–Kier alpha value is -1.93. The molecule has 0 saturated carbocycles. The summed E-state index contributed by atoms with van der Waals surface area (Å²) in [6.07, 6.45) is 1.42. The number of thioether (sulfide) groups is 1. The van der Waals surface area contributed by atoms with E-state index in [1.54, 1.807) is 24.3 Å². The van der Waals surface area contributed by atoms with E-state index in [9.17, 15) is 9.59 Å². The van der Waals surface area contributed by atoms with Crippen molar-refractivity contribution in [3.8, 4) is 5.75 Å². The third-order valence-electron chi connectivity index (χ3n) is 2.31. The Balaban J connectivity index is 2.14. The Morgan fingerprint density at radius 3 is 2.95 bits per heavy atom. The maximum atomic E-state index is 11.5. The highest BCUT2D eigenvalue weighted by Gasteiger charge is 2.26. The predicted molar refractivity (Wildman–Crippen MR) is 79.1 cm³/mol. The van der Waals surface area contributed by atoms with Crippen LogP contribution in [0.5, 0.6) is 5.75 Å². The lowest BCUT2D eigenvalue weighted by Crippen LogP contribution is -2.22. The Morgan fingerprint density at radius 2 is 2.30 bits per heavy atom. The molecule has 1 aliphatic rings. The number of aliphatic carboxylic acids is 1. The van der Waals surface area contributed by atoms with Crippen molar-refractivity contribution in [2.24, 2.45) is 5.10 Å². The zero-order chi connectivity index (χ0) is 14.5. The van der Waals surface area contributed by atoms with Gasteiger partial charge in [-0.05, 0) is 12.1 Å². The number of carbonyl (C=O) groups is 2. The summed E-state index contributed by atoms with van der Waals surface area (Å²) in [6.45, 7) is -0.443. The highest BCUT2D eigenvalue weighted by Crippen LogP contribution is 2.20. The maximum absolute atomic E-state index is 11.5. The molecule has 0 unspecified atom stereocenters. The van der Waals surface area contributed by atoms with Crippen LogP contribution in [0.1, 0.15) is 5.56 Å². The average Bonchev–Trinajstić information content (AvgIpc) is 2.74. The molecule has 0 radical (unpaired) electrons. The van der Waals surface area contributed by atoms with Crippen LogP contribution in [0, 0.1) is 0 Å². The first-order valence-corrected chi connectivity index (χ1v) is 6.94. The van der Waals surface area contributed by atoms with Crippen LogP contribution in [0.25, 0.3) is 0 Å². The molecular formula is C12H10N2O4S2. The lowest BCUT2D eigenvalue weighted by Gasteiger charge is -2.09. The molecule has 1 aliphatic heterocycles. The minimum absolute atomic E-state index is 0.180. The number of hydrogen-bond acceptors (Lipinski definition) is 6. The lowest BCUT2D eigenvalue weighted by molar-refractivity contribution is -0.139. The number of nitrogens with zero attached hydrogens (tertiary/aromatic N) is 2. The summed E-state index contributed by atoms with van der Waals surface area (Å²) < 4.78 is 5.53. The van der Waals surface area contributed by atoms with Gasteiger partial charge in [-0.15, -0.1) is 0 Å². The van der Waals surface area contributed by atoms with Crippen LogP contribution in [-0.2, 0) is 9.59 Å². The molecule has 0 aliphatic carbocycles. The van der Waals surface area contributed by atoms with Crippen LogP contribution in [-0.4, -0.2) is 44.9 Å². The SMILES string of the molecule is O=C(O)COc1ccccc1C=NN1C(=O)CSC1=S. The lowest BCUT2D eigenvalue weighted by atomic mass is 10.2. The van der Waals surface area contributed by atoms with Crippen molar-refractivity contribution in [1.29, 1.82) is 0 Å². The first-order chi connectivity index (χ1) is 9.58. The van der Waals surface area contributed by atoms with E-state index in [0.29, 0.717) is 15.6 Å². The van der Waals surface area contributed by atoms with Gasteiger partial charge in [0, 0.05) is 5.56 Å². The summed E-state index contributed by atoms with van der Waals surface area (Å²) in [5.74, 6) is -0.582. The number of carboxylic acid groups (broad SMARTS) is 1. The number of benzene rings is 1. The second kappa shape index (κ2) is 6.49. The highest BCUT2D eigenvalue weighted by atomic mass is 32.2. The highest BCUT2D eigenvalue weighted by molar-refractivity contribution is 8.23. The van der Waals surface area contributed by atoms with Crippen molar-refractivity contribution in [2.45, 2.75) is 0 Å². The summed E-state index contributed by atoms with van der Waals surface area (Å²) in [5, 5.41) is 13.8. The van der Waals surface area contributed by atoms with Gasteiger partial charge in [-0.1, -0.05) is 36.1 Å². The van der Waals surface area contributed by atoms with Crippen molar-refractivity contribution >= 4 is 46.4 Å². The average molecular weight is 310 g/mol. The van der Waals surface area contributed by atoms with Gasteiger partial charge < -0.3 is 9.84 Å². The molecule has 1 fully saturated rings. The molecule has 1 amide bonds. The van der Waals surface area contributed by atoms with Gasteiger partial charge in [0.15, 0.2) is 10.9 Å². The van der Waals surface area contributed by atoms with Gasteiger partial charge in [-0.2, -0.15) is 10.1 Å². The van der Waals surface area contributed by atoms with Gasteiger partial charge in [-0.3, -0.25) is 4.79 Å². The van der Waals surface area contributed by atoms with Gasteiger partial charge in [0.1, 0.15) is 5.75 Å². The second-order valence-electron chi connectivity index (χ2n) is 3.72. The third-order valence-corrected chi connectivity index (χ3v) is 3.65. The van der Waals surface area contributed by atoms with E-state index in [-0.39, 0.29) is 11.7 Å². The number of amides is 1. The molecule has 1 aromatic rings. The van der Waals surface area contributed by atoms with Gasteiger partial charge >= 0.3 is 5.97 Å². The molecule has 0 bridgehead atoms. The Kier molecular flexibility index (Phi) is 4.70. The van der Waals surface area contributed by atoms with Crippen LogP contribution in [0.4, 0.5) is 0 Å². The minimum atomic E-state index is -1.07. The number of carbonyl (C=O) groups excluding carboxylic acids is 1. The fraction of sp³-hybridized carbons (Fsp3) is 0.167. The van der Waals surface area contributed by atoms with Crippen LogP contribution in [0.15, 0.2) is 29.4 Å². The van der Waals surface area contributed by atoms with Crippen molar-refractivity contribution in [3.05, 3.63) is 29.8 Å². The van der Waals surface area contributed by atoms with Gasteiger partial charge in [0.25, 0.3) is 5.91 Å². The molecule has 1 saturated heterocycles. The van der Waals surface area contributed by atoms with E-state index in [1.807, 2.05) is 0 Å². The van der Waals surface area contributed by atoms with Crippen molar-refractivity contribution < 1.29 is 19.4 Å². The zero-order valence-corrected chi connectivity index (χ0v) is 11.8. The molecular weight excluding hydrogens is 300 g/mol. The van der Waals surface area contributed by atoms with Crippen molar-refractivity contribution in [2.75, 3.05) is 12.4 Å². The Morgan fingerprint density at radius 1 is 1.55 bits per heavy atom. The molecule has 1 aromatic carbocycles. The summed E-state index contributed by atoms with van der Waals surface area (Å²) in [6, 6.07) is 6.81. The van der Waals surface area contributed by atoms with E-state index < -0.39 is 12.6 Å². The predicted octanol–water partition coefficient (Wildman–Crippen LogP) is 1.34. The molecule has 6 nitrogen and oxygen atoms in total. The molecule has 0 atom stereocenters. The zero-order valence-electron chi connectivity index (χ0n) is 10.2. The molecule has 0 spiro atoms. The Labute approximate surface area is 124 Å². The number of rotatable bonds is 5. The number of para-hydroxylation sites is 1. The van der Waals surface area contributed by atoms with E-state index in [0.717, 1.165) is 5.01 Å². The number of hydrazone groups is 1. The van der Waals surface area contributed by atoms with Gasteiger partial charge in [0.2, 0.25) is 0 Å². The normalized spacial score (nSPS) is 15.1. The first kappa shape index (κ1) is 14.5. The van der Waals surface area contributed by atoms with Crippen LogP contribution >= 0.6 is 24.0 Å². The number of thiocarbonyl (C=S) groups is 1. The van der Waals surface area contributed by atoms with E-state index in [4.69, 9.17) is 22.1 Å². The number of ether oxygens (including phenoxy) is 1. The van der Waals surface area contributed by atoms with E-state index in [2.05, 4.69) is 5.10 Å². The molecule has 1 N–H and O–H groups in total. The standard InChI is InChI=1S/C12H10N2O4S2/c15-10-7-20-12(19)14(10)13-5-8-3-1-2-4-9(8)18-6-11(16)17/h1-5H,6-7H2,(H,16,17). The molecule has 8 heteroatoms. The van der Waals surface area contributed by atoms with Gasteiger partial charge in [-0.25, -0.2) is 4.79 Å². The van der Waals surface area contributed by atoms with E-state index >= 15 is 0 Å². The second-order valence-corrected chi connectivity index (χ2v) is 5.33. The first-order valence-electron chi connectivity index (χ1n) is 5.55. The van der Waals surface area contributed by atoms with Crippen molar-refractivity contribution in [3.63, 3.8) is 0 Å². The summed E-state index contributed by atoms with van der Waals surface area (Å²) in [7, 11) is 0. The number of hydrogen-bond donors (Lipinski definition) is 1. The fourth-order valence-electron chi connectivity index (χ4n) is 1.44. The Bertz CT molecular complexity index is 573. The monoisotopic (exact) mass is 310 g/mol. The fourth-order valence-corrected chi connectivity index (χ4v) is 2.40. The molecule has 2 rings (SSSR count). The smallest absolute Gasteiger partial charge is 0.341 e. The quantitative estimate of drug-likeness (QED) is 0.653. The maximum Gasteiger partial charge on any atom is 0.341 e. The summed E-state index contributed by atoms with van der Waals surface area (Å²) in [4.78, 5) is 22.0. The van der Waals surface area contributed by atoms with Crippen LogP contribution < -0.4 is 4.74 Å². The largest absolute Gasteiger partial charge is 0.481 e. The molecule has 104 valence electrons. The van der Waals surface area contributed by atoms with Crippen molar-refractivity contribution in [1.82, 2.24) is 5.01 Å². The third kappa shape index (κ3) is 3.55. The molecule has 1 heterocycles. The van der Waals surface area contributed by atoms with Gasteiger partial charge in [0.05, 0.1) is 12.0 Å². The minimum Gasteiger partial charge on any atom is -0.481 e. The van der Waals surface area contributed by atoms with E-state index in [1.165, 1.54) is 18.0 Å². The summed E-state index contributed by atoms with van der Waals surface area (Å²) in [5.41, 5.74) is 0.571. The topological polar surface area (TPSA) is 79.2 Å². The van der Waals surface area contributed by atoms with Crippen LogP contribution in [0.2, 0.25) is 0 Å². The summed E-state index contributed by atoms with van der Waals surface area (Å²) >= 11 is 6.25. The number of carboxylic acids is 1. The molecule has 0 aromatic heterocycles.